The van der Waals surface area contributed by atoms with Gasteiger partial charge in [0.15, 0.2) is 0 Å². The van der Waals surface area contributed by atoms with Crippen molar-refractivity contribution < 1.29 is 0 Å². The summed E-state index contributed by atoms with van der Waals surface area (Å²) in [6.07, 6.45) is 0.522. The standard InChI is InChI=1S/C14H19N3/c1-12-3-2-4-13(14(12)5-6-15)11-17-9-7-16-8-10-17/h2-4,16H,5,7-11H2,1H3. The Morgan fingerprint density at radius 3 is 2.82 bits per heavy atom. The third-order valence-corrected chi connectivity index (χ3v) is 3.37. The largest absolute Gasteiger partial charge is 0.314 e. The molecule has 2 rings (SSSR count). The normalized spacial score (nSPS) is 16.7. The lowest BCUT2D eigenvalue weighted by Crippen LogP contribution is -2.43. The number of hydrogen-bond donors (Lipinski definition) is 1. The van der Waals surface area contributed by atoms with Gasteiger partial charge in [0.05, 0.1) is 12.5 Å². The summed E-state index contributed by atoms with van der Waals surface area (Å²) in [5, 5.41) is 12.3. The number of benzene rings is 1. The molecule has 0 atom stereocenters. The Hall–Kier alpha value is -1.37. The number of aryl methyl sites for hydroxylation is 1. The maximum Gasteiger partial charge on any atom is 0.0669 e. The summed E-state index contributed by atoms with van der Waals surface area (Å²) in [5.41, 5.74) is 3.76. The van der Waals surface area contributed by atoms with Gasteiger partial charge in [0.25, 0.3) is 0 Å². The SMILES string of the molecule is Cc1cccc(CN2CCNCC2)c1CC#N. The fraction of sp³-hybridized carbons (Fsp3) is 0.500. The quantitative estimate of drug-likeness (QED) is 0.853. The van der Waals surface area contributed by atoms with Gasteiger partial charge >= 0.3 is 0 Å². The van der Waals surface area contributed by atoms with Crippen molar-refractivity contribution in [3.05, 3.63) is 34.9 Å². The highest BCUT2D eigenvalue weighted by Gasteiger charge is 2.12. The zero-order chi connectivity index (χ0) is 12.1. The van der Waals surface area contributed by atoms with Crippen LogP contribution in [0, 0.1) is 18.3 Å². The molecular formula is C14H19N3. The first kappa shape index (κ1) is 12.1. The molecule has 3 heteroatoms. The van der Waals surface area contributed by atoms with Crippen molar-refractivity contribution in [3.8, 4) is 6.07 Å². The maximum absolute atomic E-state index is 8.90. The Morgan fingerprint density at radius 1 is 1.35 bits per heavy atom. The predicted molar refractivity (Wildman–Crippen MR) is 68.6 cm³/mol. The van der Waals surface area contributed by atoms with E-state index in [9.17, 15) is 0 Å². The van der Waals surface area contributed by atoms with Crippen LogP contribution in [0.1, 0.15) is 16.7 Å². The summed E-state index contributed by atoms with van der Waals surface area (Å²) in [6, 6.07) is 8.61. The second-order valence-electron chi connectivity index (χ2n) is 4.57. The number of nitrogens with zero attached hydrogens (tertiary/aromatic N) is 2. The van der Waals surface area contributed by atoms with Crippen LogP contribution in [-0.4, -0.2) is 31.1 Å². The van der Waals surface area contributed by atoms with Crippen molar-refractivity contribution in [2.75, 3.05) is 26.2 Å². The lowest BCUT2D eigenvalue weighted by molar-refractivity contribution is 0.232. The van der Waals surface area contributed by atoms with Crippen LogP contribution in [0.3, 0.4) is 0 Å². The summed E-state index contributed by atoms with van der Waals surface area (Å²) in [7, 11) is 0. The number of hydrogen-bond acceptors (Lipinski definition) is 3. The molecule has 3 nitrogen and oxygen atoms in total. The molecule has 0 saturated carbocycles. The summed E-state index contributed by atoms with van der Waals surface area (Å²) >= 11 is 0. The monoisotopic (exact) mass is 229 g/mol. The Balaban J connectivity index is 2.14. The fourth-order valence-corrected chi connectivity index (χ4v) is 2.35. The van der Waals surface area contributed by atoms with Crippen molar-refractivity contribution in [1.29, 1.82) is 5.26 Å². The van der Waals surface area contributed by atoms with Gasteiger partial charge in [-0.1, -0.05) is 18.2 Å². The molecule has 1 aliphatic heterocycles. The lowest BCUT2D eigenvalue weighted by atomic mass is 9.99. The lowest BCUT2D eigenvalue weighted by Gasteiger charge is -2.28. The fourth-order valence-electron chi connectivity index (χ4n) is 2.35. The van der Waals surface area contributed by atoms with Crippen LogP contribution in [0.25, 0.3) is 0 Å². The Morgan fingerprint density at radius 2 is 2.12 bits per heavy atom. The van der Waals surface area contributed by atoms with Gasteiger partial charge in [-0.25, -0.2) is 0 Å². The van der Waals surface area contributed by atoms with Gasteiger partial charge in [-0.2, -0.15) is 5.26 Å². The first-order valence-corrected chi connectivity index (χ1v) is 6.18. The highest BCUT2D eigenvalue weighted by molar-refractivity contribution is 5.36. The molecule has 0 spiro atoms. The molecule has 1 saturated heterocycles. The molecule has 1 aromatic carbocycles. The van der Waals surface area contributed by atoms with Gasteiger partial charge in [-0.05, 0) is 23.6 Å². The minimum absolute atomic E-state index is 0.522. The summed E-state index contributed by atoms with van der Waals surface area (Å²) in [5.74, 6) is 0. The Bertz CT molecular complexity index is 414. The molecule has 1 heterocycles. The molecule has 0 aliphatic carbocycles. The van der Waals surface area contributed by atoms with Gasteiger partial charge in [0.1, 0.15) is 0 Å². The Labute approximate surface area is 103 Å². The van der Waals surface area contributed by atoms with Crippen molar-refractivity contribution in [1.82, 2.24) is 10.2 Å². The van der Waals surface area contributed by atoms with Gasteiger partial charge < -0.3 is 5.32 Å². The van der Waals surface area contributed by atoms with E-state index in [4.69, 9.17) is 5.26 Å². The van der Waals surface area contributed by atoms with Crippen LogP contribution in [0.2, 0.25) is 0 Å². The zero-order valence-corrected chi connectivity index (χ0v) is 10.4. The highest BCUT2D eigenvalue weighted by atomic mass is 15.2. The molecule has 1 fully saturated rings. The average Bonchev–Trinajstić information content (AvgIpc) is 2.35. The van der Waals surface area contributed by atoms with Gasteiger partial charge in [0, 0.05) is 32.7 Å². The molecule has 0 bridgehead atoms. The van der Waals surface area contributed by atoms with E-state index in [2.05, 4.69) is 41.4 Å². The van der Waals surface area contributed by atoms with Crippen LogP contribution in [0.15, 0.2) is 18.2 Å². The summed E-state index contributed by atoms with van der Waals surface area (Å²) in [6.45, 7) is 7.40. The minimum atomic E-state index is 0.522. The average molecular weight is 229 g/mol. The van der Waals surface area contributed by atoms with E-state index < -0.39 is 0 Å². The number of nitrogens with one attached hydrogen (secondary N) is 1. The number of rotatable bonds is 3. The van der Waals surface area contributed by atoms with E-state index in [1.807, 2.05) is 0 Å². The van der Waals surface area contributed by atoms with Crippen LogP contribution in [0.5, 0.6) is 0 Å². The molecule has 0 aromatic heterocycles. The van der Waals surface area contributed by atoms with Crippen molar-refractivity contribution in [2.45, 2.75) is 19.9 Å². The smallest absolute Gasteiger partial charge is 0.0669 e. The van der Waals surface area contributed by atoms with E-state index in [0.717, 1.165) is 32.7 Å². The molecule has 0 amide bonds. The highest BCUT2D eigenvalue weighted by Crippen LogP contribution is 2.17. The van der Waals surface area contributed by atoms with Gasteiger partial charge in [0.2, 0.25) is 0 Å². The molecule has 17 heavy (non-hydrogen) atoms. The minimum Gasteiger partial charge on any atom is -0.314 e. The second-order valence-corrected chi connectivity index (χ2v) is 4.57. The van der Waals surface area contributed by atoms with Crippen molar-refractivity contribution in [3.63, 3.8) is 0 Å². The molecule has 0 radical (unpaired) electrons. The van der Waals surface area contributed by atoms with E-state index in [-0.39, 0.29) is 0 Å². The maximum atomic E-state index is 8.90. The van der Waals surface area contributed by atoms with Crippen molar-refractivity contribution in [2.24, 2.45) is 0 Å². The van der Waals surface area contributed by atoms with Crippen LogP contribution in [-0.2, 0) is 13.0 Å². The number of piperazine rings is 1. The van der Waals surface area contributed by atoms with E-state index in [1.54, 1.807) is 0 Å². The first-order valence-electron chi connectivity index (χ1n) is 6.18. The van der Waals surface area contributed by atoms with Gasteiger partial charge in [-0.3, -0.25) is 4.90 Å². The first-order chi connectivity index (χ1) is 8.31. The molecule has 1 N–H and O–H groups in total. The van der Waals surface area contributed by atoms with Gasteiger partial charge in [-0.15, -0.1) is 0 Å². The third kappa shape index (κ3) is 3.06. The van der Waals surface area contributed by atoms with Crippen LogP contribution < -0.4 is 5.32 Å². The molecule has 90 valence electrons. The molecule has 1 aliphatic rings. The van der Waals surface area contributed by atoms with E-state index in [1.165, 1.54) is 16.7 Å². The molecular weight excluding hydrogens is 210 g/mol. The summed E-state index contributed by atoms with van der Waals surface area (Å²) < 4.78 is 0. The Kier molecular flexibility index (Phi) is 4.13. The second kappa shape index (κ2) is 5.81. The molecule has 1 aromatic rings. The summed E-state index contributed by atoms with van der Waals surface area (Å²) in [4.78, 5) is 2.45. The zero-order valence-electron chi connectivity index (χ0n) is 10.4. The number of nitriles is 1. The van der Waals surface area contributed by atoms with Crippen LogP contribution >= 0.6 is 0 Å². The van der Waals surface area contributed by atoms with E-state index >= 15 is 0 Å². The third-order valence-electron chi connectivity index (χ3n) is 3.37. The molecule has 0 unspecified atom stereocenters. The predicted octanol–water partition coefficient (Wildman–Crippen LogP) is 1.47. The van der Waals surface area contributed by atoms with E-state index in [0.29, 0.717) is 6.42 Å². The van der Waals surface area contributed by atoms with Crippen LogP contribution in [0.4, 0.5) is 0 Å². The topological polar surface area (TPSA) is 39.1 Å². The van der Waals surface area contributed by atoms with Crippen molar-refractivity contribution >= 4 is 0 Å².